The second-order valence-corrected chi connectivity index (χ2v) is 6.04. The molecule has 0 atom stereocenters. The Hall–Kier alpha value is -1.09. The molecule has 1 heterocycles. The Kier molecular flexibility index (Phi) is 5.20. The predicted octanol–water partition coefficient (Wildman–Crippen LogP) is 3.34. The summed E-state index contributed by atoms with van der Waals surface area (Å²) in [6, 6.07) is 4.86. The molecule has 0 spiro atoms. The number of hydrogen-bond acceptors (Lipinski definition) is 3. The van der Waals surface area contributed by atoms with E-state index in [0.717, 1.165) is 18.3 Å². The largest absolute Gasteiger partial charge is 0.354 e. The first-order valence-electron chi connectivity index (χ1n) is 7.62. The molecule has 1 aromatic heterocycles. The molecule has 0 amide bonds. The SMILES string of the molecule is CC(C)CCN(c1cc(CN)ccn1)C1CCCC1. The number of hydrogen-bond donors (Lipinski definition) is 1. The van der Waals surface area contributed by atoms with Crippen LogP contribution < -0.4 is 10.6 Å². The van der Waals surface area contributed by atoms with Gasteiger partial charge in [-0.05, 0) is 42.9 Å². The summed E-state index contributed by atoms with van der Waals surface area (Å²) in [4.78, 5) is 7.10. The minimum Gasteiger partial charge on any atom is -0.354 e. The normalized spacial score (nSPS) is 16.2. The maximum Gasteiger partial charge on any atom is 0.129 e. The Morgan fingerprint density at radius 3 is 2.74 bits per heavy atom. The van der Waals surface area contributed by atoms with Gasteiger partial charge in [-0.15, -0.1) is 0 Å². The lowest BCUT2D eigenvalue weighted by Crippen LogP contribution is -2.35. The molecule has 106 valence electrons. The molecule has 1 aliphatic rings. The molecule has 19 heavy (non-hydrogen) atoms. The topological polar surface area (TPSA) is 42.1 Å². The van der Waals surface area contributed by atoms with Crippen LogP contribution in [0, 0.1) is 5.92 Å². The standard InChI is InChI=1S/C16H27N3/c1-13(2)8-10-19(15-5-3-4-6-15)16-11-14(12-17)7-9-18-16/h7,9,11,13,15H,3-6,8,10,12,17H2,1-2H3. The fourth-order valence-electron chi connectivity index (χ4n) is 2.84. The van der Waals surface area contributed by atoms with Gasteiger partial charge in [0.25, 0.3) is 0 Å². The molecular formula is C16H27N3. The van der Waals surface area contributed by atoms with Gasteiger partial charge in [0, 0.05) is 25.3 Å². The average molecular weight is 261 g/mol. The van der Waals surface area contributed by atoms with Gasteiger partial charge in [0.15, 0.2) is 0 Å². The highest BCUT2D eigenvalue weighted by Crippen LogP contribution is 2.28. The zero-order valence-electron chi connectivity index (χ0n) is 12.3. The van der Waals surface area contributed by atoms with Crippen LogP contribution in [-0.2, 0) is 6.54 Å². The summed E-state index contributed by atoms with van der Waals surface area (Å²) in [5.41, 5.74) is 6.93. The van der Waals surface area contributed by atoms with Crippen LogP contribution in [0.1, 0.15) is 51.5 Å². The van der Waals surface area contributed by atoms with Crippen molar-refractivity contribution in [2.75, 3.05) is 11.4 Å². The third-order valence-corrected chi connectivity index (χ3v) is 4.05. The summed E-state index contributed by atoms with van der Waals surface area (Å²) in [5.74, 6) is 1.86. The maximum atomic E-state index is 5.75. The summed E-state index contributed by atoms with van der Waals surface area (Å²) in [6.07, 6.45) is 8.47. The Labute approximate surface area is 117 Å². The monoisotopic (exact) mass is 261 g/mol. The number of anilines is 1. The summed E-state index contributed by atoms with van der Waals surface area (Å²) in [7, 11) is 0. The molecule has 1 aromatic rings. The van der Waals surface area contributed by atoms with E-state index < -0.39 is 0 Å². The van der Waals surface area contributed by atoms with Crippen LogP contribution in [0.2, 0.25) is 0 Å². The molecule has 0 saturated heterocycles. The van der Waals surface area contributed by atoms with Crippen LogP contribution in [-0.4, -0.2) is 17.6 Å². The molecule has 2 rings (SSSR count). The van der Waals surface area contributed by atoms with Crippen molar-refractivity contribution < 1.29 is 0 Å². The van der Waals surface area contributed by atoms with Gasteiger partial charge >= 0.3 is 0 Å². The molecule has 2 N–H and O–H groups in total. The third-order valence-electron chi connectivity index (χ3n) is 4.05. The van der Waals surface area contributed by atoms with E-state index in [1.54, 1.807) is 0 Å². The molecule has 0 radical (unpaired) electrons. The van der Waals surface area contributed by atoms with Crippen molar-refractivity contribution in [3.05, 3.63) is 23.9 Å². The van der Waals surface area contributed by atoms with Crippen LogP contribution in [0.4, 0.5) is 5.82 Å². The third kappa shape index (κ3) is 3.93. The first-order valence-corrected chi connectivity index (χ1v) is 7.62. The number of nitrogens with two attached hydrogens (primary N) is 1. The molecule has 1 aliphatic carbocycles. The lowest BCUT2D eigenvalue weighted by atomic mass is 10.1. The van der Waals surface area contributed by atoms with E-state index in [4.69, 9.17) is 5.73 Å². The molecule has 1 fully saturated rings. The molecule has 3 heteroatoms. The second-order valence-electron chi connectivity index (χ2n) is 6.04. The number of rotatable bonds is 6. The van der Waals surface area contributed by atoms with E-state index in [1.165, 1.54) is 37.7 Å². The van der Waals surface area contributed by atoms with Gasteiger partial charge in [-0.2, -0.15) is 0 Å². The van der Waals surface area contributed by atoms with Crippen LogP contribution in [0.5, 0.6) is 0 Å². The van der Waals surface area contributed by atoms with Gasteiger partial charge in [0.2, 0.25) is 0 Å². The lowest BCUT2D eigenvalue weighted by molar-refractivity contribution is 0.525. The van der Waals surface area contributed by atoms with Gasteiger partial charge in [-0.1, -0.05) is 26.7 Å². The van der Waals surface area contributed by atoms with Gasteiger partial charge in [-0.25, -0.2) is 4.98 Å². The molecule has 0 bridgehead atoms. The number of pyridine rings is 1. The van der Waals surface area contributed by atoms with Crippen molar-refractivity contribution in [1.29, 1.82) is 0 Å². The highest BCUT2D eigenvalue weighted by atomic mass is 15.2. The van der Waals surface area contributed by atoms with Crippen molar-refractivity contribution in [2.24, 2.45) is 11.7 Å². The zero-order chi connectivity index (χ0) is 13.7. The van der Waals surface area contributed by atoms with Gasteiger partial charge < -0.3 is 10.6 Å². The van der Waals surface area contributed by atoms with E-state index in [9.17, 15) is 0 Å². The molecule has 0 aromatic carbocycles. The highest BCUT2D eigenvalue weighted by molar-refractivity contribution is 5.42. The molecular weight excluding hydrogens is 234 g/mol. The number of aromatic nitrogens is 1. The van der Waals surface area contributed by atoms with Gasteiger partial charge in [0.1, 0.15) is 5.82 Å². The van der Waals surface area contributed by atoms with Crippen LogP contribution in [0.15, 0.2) is 18.3 Å². The van der Waals surface area contributed by atoms with Crippen molar-refractivity contribution in [1.82, 2.24) is 4.98 Å². The maximum absolute atomic E-state index is 5.75. The van der Waals surface area contributed by atoms with Crippen LogP contribution in [0.25, 0.3) is 0 Å². The first kappa shape index (κ1) is 14.3. The number of nitrogens with zero attached hydrogens (tertiary/aromatic N) is 2. The summed E-state index contributed by atoms with van der Waals surface area (Å²) in [6.45, 7) is 6.29. The Morgan fingerprint density at radius 1 is 1.37 bits per heavy atom. The van der Waals surface area contributed by atoms with Gasteiger partial charge in [0.05, 0.1) is 0 Å². The van der Waals surface area contributed by atoms with E-state index in [1.807, 2.05) is 12.3 Å². The summed E-state index contributed by atoms with van der Waals surface area (Å²) >= 11 is 0. The Bertz CT molecular complexity index is 383. The molecule has 1 saturated carbocycles. The van der Waals surface area contributed by atoms with E-state index in [0.29, 0.717) is 12.6 Å². The minimum absolute atomic E-state index is 0.595. The predicted molar refractivity (Wildman–Crippen MR) is 81.2 cm³/mol. The van der Waals surface area contributed by atoms with Crippen molar-refractivity contribution >= 4 is 5.82 Å². The fraction of sp³-hybridized carbons (Fsp3) is 0.688. The van der Waals surface area contributed by atoms with Crippen molar-refractivity contribution in [3.8, 4) is 0 Å². The zero-order valence-corrected chi connectivity index (χ0v) is 12.3. The quantitative estimate of drug-likeness (QED) is 0.854. The molecule has 3 nitrogen and oxygen atoms in total. The van der Waals surface area contributed by atoms with E-state index >= 15 is 0 Å². The van der Waals surface area contributed by atoms with Crippen molar-refractivity contribution in [3.63, 3.8) is 0 Å². The van der Waals surface area contributed by atoms with Crippen LogP contribution in [0.3, 0.4) is 0 Å². The van der Waals surface area contributed by atoms with Crippen LogP contribution >= 0.6 is 0 Å². The summed E-state index contributed by atoms with van der Waals surface area (Å²) in [5, 5.41) is 0. The summed E-state index contributed by atoms with van der Waals surface area (Å²) < 4.78 is 0. The molecule has 0 aliphatic heterocycles. The lowest BCUT2D eigenvalue weighted by Gasteiger charge is -2.31. The second kappa shape index (κ2) is 6.90. The Morgan fingerprint density at radius 2 is 2.11 bits per heavy atom. The molecule has 0 unspecified atom stereocenters. The minimum atomic E-state index is 0.595. The Balaban J connectivity index is 2.14. The van der Waals surface area contributed by atoms with E-state index in [2.05, 4.69) is 29.8 Å². The smallest absolute Gasteiger partial charge is 0.129 e. The fourth-order valence-corrected chi connectivity index (χ4v) is 2.84. The van der Waals surface area contributed by atoms with E-state index in [-0.39, 0.29) is 0 Å². The highest BCUT2D eigenvalue weighted by Gasteiger charge is 2.23. The average Bonchev–Trinajstić information content (AvgIpc) is 2.93. The first-order chi connectivity index (χ1) is 9.20. The van der Waals surface area contributed by atoms with Gasteiger partial charge in [-0.3, -0.25) is 0 Å². The van der Waals surface area contributed by atoms with Crippen molar-refractivity contribution in [2.45, 2.75) is 58.5 Å².